The van der Waals surface area contributed by atoms with E-state index in [9.17, 15) is 13.6 Å². The van der Waals surface area contributed by atoms with Gasteiger partial charge in [0, 0.05) is 4.47 Å². The molecule has 0 saturated carbocycles. The summed E-state index contributed by atoms with van der Waals surface area (Å²) >= 11 is 7.85. The Morgan fingerprint density at radius 2 is 1.90 bits per heavy atom. The fourth-order valence-corrected chi connectivity index (χ4v) is 2.28. The third-order valence-electron chi connectivity index (χ3n) is 2.68. The van der Waals surface area contributed by atoms with Crippen LogP contribution in [0.2, 0.25) is 0 Å². The predicted molar refractivity (Wildman–Crippen MR) is 84.3 cm³/mol. The molecule has 2 aromatic rings. The number of rotatable bonds is 3. The lowest BCUT2D eigenvalue weighted by atomic mass is 10.1. The minimum Gasteiger partial charge on any atom is -0.389 e. The lowest BCUT2D eigenvalue weighted by molar-refractivity contribution is 0.102. The molecule has 0 unspecified atom stereocenters. The van der Waals surface area contributed by atoms with Gasteiger partial charge in [-0.25, -0.2) is 8.78 Å². The minimum absolute atomic E-state index is 0.0848. The van der Waals surface area contributed by atoms with Gasteiger partial charge in [-0.1, -0.05) is 34.2 Å². The number of nitrogens with one attached hydrogen (secondary N) is 1. The maximum Gasteiger partial charge on any atom is 0.258 e. The molecule has 21 heavy (non-hydrogen) atoms. The number of carbonyl (C=O) groups is 1. The lowest BCUT2D eigenvalue weighted by Gasteiger charge is -2.11. The second kappa shape index (κ2) is 6.28. The second-order valence-corrected chi connectivity index (χ2v) is 5.46. The first kappa shape index (κ1) is 15.5. The smallest absolute Gasteiger partial charge is 0.258 e. The third kappa shape index (κ3) is 3.43. The van der Waals surface area contributed by atoms with Gasteiger partial charge in [0.2, 0.25) is 0 Å². The summed E-state index contributed by atoms with van der Waals surface area (Å²) in [6, 6.07) is 8.00. The van der Waals surface area contributed by atoms with E-state index >= 15 is 0 Å². The van der Waals surface area contributed by atoms with E-state index < -0.39 is 17.5 Å². The van der Waals surface area contributed by atoms with E-state index in [0.717, 1.165) is 6.07 Å². The van der Waals surface area contributed by atoms with Crippen LogP contribution in [-0.4, -0.2) is 10.9 Å². The topological polar surface area (TPSA) is 55.1 Å². The average Bonchev–Trinajstić information content (AvgIpc) is 2.37. The highest BCUT2D eigenvalue weighted by molar-refractivity contribution is 9.10. The molecule has 0 aromatic heterocycles. The molecule has 0 heterocycles. The van der Waals surface area contributed by atoms with Crippen LogP contribution in [0.4, 0.5) is 14.5 Å². The standard InChI is InChI=1S/C14H9BrF2N2OS/c15-7-4-5-8(10(17)6-7)14(20)19-11-3-1-2-9(16)12(11)13(18)21/h1-6H,(H2,18,21)(H,19,20). The molecule has 0 aliphatic heterocycles. The number of anilines is 1. The van der Waals surface area contributed by atoms with Gasteiger partial charge in [-0.2, -0.15) is 0 Å². The summed E-state index contributed by atoms with van der Waals surface area (Å²) in [5.41, 5.74) is 5.28. The second-order valence-electron chi connectivity index (χ2n) is 4.10. The summed E-state index contributed by atoms with van der Waals surface area (Å²) in [5, 5.41) is 2.41. The van der Waals surface area contributed by atoms with Gasteiger partial charge >= 0.3 is 0 Å². The maximum atomic E-state index is 13.7. The first-order chi connectivity index (χ1) is 9.90. The number of benzene rings is 2. The zero-order chi connectivity index (χ0) is 15.6. The summed E-state index contributed by atoms with van der Waals surface area (Å²) in [7, 11) is 0. The zero-order valence-electron chi connectivity index (χ0n) is 10.5. The Labute approximate surface area is 133 Å². The van der Waals surface area contributed by atoms with Crippen LogP contribution in [-0.2, 0) is 0 Å². The molecule has 0 saturated heterocycles. The summed E-state index contributed by atoms with van der Waals surface area (Å²) in [6.07, 6.45) is 0. The van der Waals surface area contributed by atoms with Gasteiger partial charge in [-0.15, -0.1) is 0 Å². The highest BCUT2D eigenvalue weighted by atomic mass is 79.9. The third-order valence-corrected chi connectivity index (χ3v) is 3.38. The van der Waals surface area contributed by atoms with Gasteiger partial charge in [0.15, 0.2) is 0 Å². The maximum absolute atomic E-state index is 13.7. The van der Waals surface area contributed by atoms with Crippen LogP contribution in [0.5, 0.6) is 0 Å². The Balaban J connectivity index is 2.36. The summed E-state index contributed by atoms with van der Waals surface area (Å²) in [6.45, 7) is 0. The van der Waals surface area contributed by atoms with Crippen molar-refractivity contribution < 1.29 is 13.6 Å². The van der Waals surface area contributed by atoms with Crippen molar-refractivity contribution in [1.29, 1.82) is 0 Å². The van der Waals surface area contributed by atoms with Gasteiger partial charge in [0.25, 0.3) is 5.91 Å². The summed E-state index contributed by atoms with van der Waals surface area (Å²) in [5.74, 6) is -2.07. The van der Waals surface area contributed by atoms with Crippen LogP contribution in [0.25, 0.3) is 0 Å². The van der Waals surface area contributed by atoms with E-state index in [0.29, 0.717) is 4.47 Å². The quantitative estimate of drug-likeness (QED) is 0.811. The molecule has 0 fully saturated rings. The Morgan fingerprint density at radius 3 is 2.52 bits per heavy atom. The molecule has 2 rings (SSSR count). The average molecular weight is 371 g/mol. The van der Waals surface area contributed by atoms with Crippen LogP contribution < -0.4 is 11.1 Å². The van der Waals surface area contributed by atoms with Crippen LogP contribution in [0, 0.1) is 11.6 Å². The largest absolute Gasteiger partial charge is 0.389 e. The molecular formula is C14H9BrF2N2OS. The van der Waals surface area contributed by atoms with Gasteiger partial charge in [-0.05, 0) is 30.3 Å². The van der Waals surface area contributed by atoms with Crippen molar-refractivity contribution in [2.45, 2.75) is 0 Å². The summed E-state index contributed by atoms with van der Waals surface area (Å²) < 4.78 is 27.9. The summed E-state index contributed by atoms with van der Waals surface area (Å²) in [4.78, 5) is 11.9. The Bertz CT molecular complexity index is 737. The van der Waals surface area contributed by atoms with Crippen molar-refractivity contribution in [1.82, 2.24) is 0 Å². The lowest BCUT2D eigenvalue weighted by Crippen LogP contribution is -2.19. The highest BCUT2D eigenvalue weighted by Gasteiger charge is 2.16. The van der Waals surface area contributed by atoms with E-state index in [1.165, 1.54) is 30.3 Å². The Morgan fingerprint density at radius 1 is 1.19 bits per heavy atom. The first-order valence-electron chi connectivity index (χ1n) is 5.75. The van der Waals surface area contributed by atoms with E-state index in [1.54, 1.807) is 0 Å². The van der Waals surface area contributed by atoms with Gasteiger partial charge < -0.3 is 11.1 Å². The molecule has 0 atom stereocenters. The van der Waals surface area contributed by atoms with E-state index in [4.69, 9.17) is 18.0 Å². The van der Waals surface area contributed by atoms with Crippen LogP contribution in [0.15, 0.2) is 40.9 Å². The molecule has 0 aliphatic carbocycles. The zero-order valence-corrected chi connectivity index (χ0v) is 12.9. The van der Waals surface area contributed by atoms with Crippen molar-refractivity contribution in [3.8, 4) is 0 Å². The van der Waals surface area contributed by atoms with Crippen molar-refractivity contribution in [2.75, 3.05) is 5.32 Å². The molecular weight excluding hydrogens is 362 g/mol. The Hall–Kier alpha value is -1.86. The number of thiocarbonyl (C=S) groups is 1. The molecule has 7 heteroatoms. The first-order valence-corrected chi connectivity index (χ1v) is 6.95. The van der Waals surface area contributed by atoms with Crippen molar-refractivity contribution >= 4 is 44.7 Å². The molecule has 0 spiro atoms. The van der Waals surface area contributed by atoms with E-state index in [1.807, 2.05) is 0 Å². The van der Waals surface area contributed by atoms with Gasteiger partial charge in [-0.3, -0.25) is 4.79 Å². The number of hydrogen-bond donors (Lipinski definition) is 2. The molecule has 2 aromatic carbocycles. The molecule has 0 bridgehead atoms. The predicted octanol–water partition coefficient (Wildman–Crippen LogP) is 3.61. The SMILES string of the molecule is NC(=S)c1c(F)cccc1NC(=O)c1ccc(Br)cc1F. The van der Waals surface area contributed by atoms with Crippen LogP contribution >= 0.6 is 28.1 Å². The van der Waals surface area contributed by atoms with E-state index in [-0.39, 0.29) is 21.8 Å². The van der Waals surface area contributed by atoms with E-state index in [2.05, 4.69) is 21.2 Å². The fraction of sp³-hybridized carbons (Fsp3) is 0. The monoisotopic (exact) mass is 370 g/mol. The van der Waals surface area contributed by atoms with Gasteiger partial charge in [0.05, 0.1) is 16.8 Å². The molecule has 0 radical (unpaired) electrons. The van der Waals surface area contributed by atoms with Crippen LogP contribution in [0.1, 0.15) is 15.9 Å². The number of amides is 1. The van der Waals surface area contributed by atoms with Crippen molar-refractivity contribution in [2.24, 2.45) is 5.73 Å². The number of hydrogen-bond acceptors (Lipinski definition) is 2. The van der Waals surface area contributed by atoms with Crippen LogP contribution in [0.3, 0.4) is 0 Å². The van der Waals surface area contributed by atoms with Crippen molar-refractivity contribution in [3.63, 3.8) is 0 Å². The van der Waals surface area contributed by atoms with Crippen molar-refractivity contribution in [3.05, 3.63) is 63.6 Å². The normalized spacial score (nSPS) is 10.2. The molecule has 1 amide bonds. The number of nitrogens with two attached hydrogens (primary N) is 1. The molecule has 3 N–H and O–H groups in total. The number of halogens is 3. The Kier molecular flexibility index (Phi) is 4.64. The molecule has 0 aliphatic rings. The molecule has 3 nitrogen and oxygen atoms in total. The molecule has 108 valence electrons. The minimum atomic E-state index is -0.719. The number of carbonyl (C=O) groups excluding carboxylic acids is 1. The highest BCUT2D eigenvalue weighted by Crippen LogP contribution is 2.21. The fourth-order valence-electron chi connectivity index (χ4n) is 1.74. The van der Waals surface area contributed by atoms with Gasteiger partial charge in [0.1, 0.15) is 16.6 Å².